The summed E-state index contributed by atoms with van der Waals surface area (Å²) in [6, 6.07) is 16.0. The minimum Gasteiger partial charge on any atom is -0.288 e. The van der Waals surface area contributed by atoms with Gasteiger partial charge in [-0.05, 0) is 29.2 Å². The number of pyridine rings is 1. The molecule has 1 amide bonds. The molecule has 0 aliphatic rings. The molecule has 1 aromatic heterocycles. The highest BCUT2D eigenvalue weighted by atomic mass is 32.2. The molecular formula is C18H14N2O2S. The summed E-state index contributed by atoms with van der Waals surface area (Å²) in [4.78, 5) is 17.4. The molecule has 0 radical (unpaired) electrons. The summed E-state index contributed by atoms with van der Waals surface area (Å²) in [6.07, 6.45) is 6.64. The van der Waals surface area contributed by atoms with Gasteiger partial charge in [0.1, 0.15) is 0 Å². The lowest BCUT2D eigenvalue weighted by Crippen LogP contribution is -2.14. The highest BCUT2D eigenvalue weighted by Crippen LogP contribution is 2.32. The second kappa shape index (κ2) is 7.09. The van der Waals surface area contributed by atoms with Crippen molar-refractivity contribution in [3.05, 3.63) is 72.6 Å². The Morgan fingerprint density at radius 1 is 1.09 bits per heavy atom. The molecule has 0 saturated carbocycles. The Labute approximate surface area is 137 Å². The summed E-state index contributed by atoms with van der Waals surface area (Å²) >= 11 is 1.65. The van der Waals surface area contributed by atoms with Crippen LogP contribution in [0.3, 0.4) is 0 Å². The molecule has 0 atom stereocenters. The predicted molar refractivity (Wildman–Crippen MR) is 91.3 cm³/mol. The van der Waals surface area contributed by atoms with Crippen molar-refractivity contribution >= 4 is 34.5 Å². The molecule has 1 heterocycles. The zero-order chi connectivity index (χ0) is 16.1. The minimum absolute atomic E-state index is 0.551. The van der Waals surface area contributed by atoms with E-state index < -0.39 is 5.91 Å². The van der Waals surface area contributed by atoms with Crippen molar-refractivity contribution in [2.24, 2.45) is 0 Å². The average molecular weight is 322 g/mol. The lowest BCUT2D eigenvalue weighted by Gasteiger charge is -2.06. The number of nitrogens with one attached hydrogen (secondary N) is 1. The molecule has 3 aromatic rings. The molecule has 0 spiro atoms. The SMILES string of the molecule is O=C(/C=C/c1ccc(Sc2cncc3ccccc23)cc1)NO. The van der Waals surface area contributed by atoms with Crippen LogP contribution in [0.15, 0.2) is 76.8 Å². The first-order valence-corrected chi connectivity index (χ1v) is 7.81. The van der Waals surface area contributed by atoms with Crippen molar-refractivity contribution < 1.29 is 10.0 Å². The van der Waals surface area contributed by atoms with Gasteiger partial charge in [0.25, 0.3) is 5.91 Å². The number of hydrogen-bond acceptors (Lipinski definition) is 4. The molecule has 5 heteroatoms. The third kappa shape index (κ3) is 3.77. The van der Waals surface area contributed by atoms with Crippen LogP contribution in [-0.4, -0.2) is 16.1 Å². The minimum atomic E-state index is -0.551. The molecule has 2 aromatic carbocycles. The van der Waals surface area contributed by atoms with Gasteiger partial charge < -0.3 is 0 Å². The first kappa shape index (κ1) is 15.3. The topological polar surface area (TPSA) is 62.2 Å². The quantitative estimate of drug-likeness (QED) is 0.434. The van der Waals surface area contributed by atoms with Gasteiger partial charge in [0.05, 0.1) is 0 Å². The van der Waals surface area contributed by atoms with Gasteiger partial charge >= 0.3 is 0 Å². The zero-order valence-corrected chi connectivity index (χ0v) is 13.0. The number of nitrogens with zero attached hydrogens (tertiary/aromatic N) is 1. The third-order valence-electron chi connectivity index (χ3n) is 3.28. The monoisotopic (exact) mass is 322 g/mol. The molecule has 2 N–H and O–H groups in total. The maximum absolute atomic E-state index is 11.0. The molecule has 23 heavy (non-hydrogen) atoms. The average Bonchev–Trinajstić information content (AvgIpc) is 2.61. The van der Waals surface area contributed by atoms with Crippen LogP contribution in [0.1, 0.15) is 5.56 Å². The molecule has 0 fully saturated rings. The second-order valence-corrected chi connectivity index (χ2v) is 5.95. The number of hydroxylamine groups is 1. The van der Waals surface area contributed by atoms with E-state index in [9.17, 15) is 4.79 Å². The van der Waals surface area contributed by atoms with Crippen molar-refractivity contribution in [3.8, 4) is 0 Å². The van der Waals surface area contributed by atoms with Gasteiger partial charge in [-0.25, -0.2) is 5.48 Å². The van der Waals surface area contributed by atoms with E-state index in [0.717, 1.165) is 20.7 Å². The van der Waals surface area contributed by atoms with Crippen LogP contribution in [0, 0.1) is 0 Å². The fourth-order valence-corrected chi connectivity index (χ4v) is 3.09. The molecule has 0 aliphatic heterocycles. The number of carbonyl (C=O) groups excluding carboxylic acids is 1. The Morgan fingerprint density at radius 3 is 2.65 bits per heavy atom. The molecular weight excluding hydrogens is 308 g/mol. The summed E-state index contributed by atoms with van der Waals surface area (Å²) < 4.78 is 0. The number of benzene rings is 2. The van der Waals surface area contributed by atoms with Gasteiger partial charge in [0.2, 0.25) is 0 Å². The maximum atomic E-state index is 11.0. The first-order chi connectivity index (χ1) is 11.3. The van der Waals surface area contributed by atoms with Crippen LogP contribution in [-0.2, 0) is 4.79 Å². The number of aromatic nitrogens is 1. The van der Waals surface area contributed by atoms with Gasteiger partial charge in [-0.15, -0.1) is 0 Å². The summed E-state index contributed by atoms with van der Waals surface area (Å²) in [6.45, 7) is 0. The van der Waals surface area contributed by atoms with Crippen LogP contribution < -0.4 is 5.48 Å². The fourth-order valence-electron chi connectivity index (χ4n) is 2.15. The van der Waals surface area contributed by atoms with Crippen LogP contribution in [0.2, 0.25) is 0 Å². The van der Waals surface area contributed by atoms with Crippen LogP contribution in [0.5, 0.6) is 0 Å². The smallest absolute Gasteiger partial charge is 0.267 e. The van der Waals surface area contributed by atoms with Gasteiger partial charge in [-0.2, -0.15) is 0 Å². The van der Waals surface area contributed by atoms with Crippen molar-refractivity contribution in [1.82, 2.24) is 10.5 Å². The number of amides is 1. The van der Waals surface area contributed by atoms with Gasteiger partial charge in [0, 0.05) is 33.6 Å². The van der Waals surface area contributed by atoms with E-state index in [-0.39, 0.29) is 0 Å². The Balaban J connectivity index is 1.80. The Morgan fingerprint density at radius 2 is 1.87 bits per heavy atom. The molecule has 0 unspecified atom stereocenters. The maximum Gasteiger partial charge on any atom is 0.267 e. The highest BCUT2D eigenvalue weighted by Gasteiger charge is 2.03. The summed E-state index contributed by atoms with van der Waals surface area (Å²) in [5.41, 5.74) is 2.44. The standard InChI is InChI=1S/C18H14N2O2S/c21-18(20-22)10-7-13-5-8-15(9-6-13)23-17-12-19-11-14-3-1-2-4-16(14)17/h1-12,22H,(H,20,21)/b10-7+. The van der Waals surface area contributed by atoms with E-state index in [1.807, 2.05) is 54.9 Å². The van der Waals surface area contributed by atoms with Gasteiger partial charge in [-0.1, -0.05) is 48.2 Å². The van der Waals surface area contributed by atoms with E-state index in [1.165, 1.54) is 11.5 Å². The van der Waals surface area contributed by atoms with Crippen LogP contribution in [0.25, 0.3) is 16.8 Å². The van der Waals surface area contributed by atoms with Crippen molar-refractivity contribution in [3.63, 3.8) is 0 Å². The molecule has 0 bridgehead atoms. The van der Waals surface area contributed by atoms with E-state index in [2.05, 4.69) is 11.1 Å². The molecule has 0 aliphatic carbocycles. The lowest BCUT2D eigenvalue weighted by molar-refractivity contribution is -0.124. The summed E-state index contributed by atoms with van der Waals surface area (Å²) in [7, 11) is 0. The Bertz CT molecular complexity index is 855. The molecule has 3 rings (SSSR count). The Hall–Kier alpha value is -2.63. The number of hydrogen-bond donors (Lipinski definition) is 2. The van der Waals surface area contributed by atoms with Crippen LogP contribution >= 0.6 is 11.8 Å². The van der Waals surface area contributed by atoms with Crippen LogP contribution in [0.4, 0.5) is 0 Å². The zero-order valence-electron chi connectivity index (χ0n) is 12.1. The molecule has 0 saturated heterocycles. The van der Waals surface area contributed by atoms with Crippen molar-refractivity contribution in [2.45, 2.75) is 9.79 Å². The van der Waals surface area contributed by atoms with Crippen molar-refractivity contribution in [1.29, 1.82) is 0 Å². The van der Waals surface area contributed by atoms with E-state index >= 15 is 0 Å². The summed E-state index contributed by atoms with van der Waals surface area (Å²) in [5, 5.41) is 10.7. The van der Waals surface area contributed by atoms with E-state index in [4.69, 9.17) is 5.21 Å². The van der Waals surface area contributed by atoms with Gasteiger partial charge in [0.15, 0.2) is 0 Å². The number of fused-ring (bicyclic) bond motifs is 1. The summed E-state index contributed by atoms with van der Waals surface area (Å²) in [5.74, 6) is -0.551. The fraction of sp³-hybridized carbons (Fsp3) is 0. The van der Waals surface area contributed by atoms with Crippen molar-refractivity contribution in [2.75, 3.05) is 0 Å². The normalized spacial score (nSPS) is 11.0. The largest absolute Gasteiger partial charge is 0.288 e. The Kier molecular flexibility index (Phi) is 4.71. The first-order valence-electron chi connectivity index (χ1n) is 6.99. The third-order valence-corrected chi connectivity index (χ3v) is 4.33. The van der Waals surface area contributed by atoms with Gasteiger partial charge in [-0.3, -0.25) is 15.0 Å². The lowest BCUT2D eigenvalue weighted by atomic mass is 10.2. The second-order valence-electron chi connectivity index (χ2n) is 4.84. The number of carbonyl (C=O) groups is 1. The van der Waals surface area contributed by atoms with E-state index in [1.54, 1.807) is 23.3 Å². The van der Waals surface area contributed by atoms with E-state index in [0.29, 0.717) is 0 Å². The molecule has 4 nitrogen and oxygen atoms in total. The predicted octanol–water partition coefficient (Wildman–Crippen LogP) is 3.90. The highest BCUT2D eigenvalue weighted by molar-refractivity contribution is 7.99. The molecule has 114 valence electrons. The number of rotatable bonds is 4.